The van der Waals surface area contributed by atoms with Crippen LogP contribution in [0.2, 0.25) is 0 Å². The SMILES string of the molecule is Cc1ccc(-c2ccc(-c3ccc(CC(NC(=O)c4ccc(-c5ccc(F)cc5)o4)OC=O)cc3F)s2)cc1. The molecular weight excluding hydrogens is 520 g/mol. The lowest BCUT2D eigenvalue weighted by Gasteiger charge is -2.16. The second kappa shape index (κ2) is 11.4. The van der Waals surface area contributed by atoms with E-state index in [1.54, 1.807) is 18.2 Å². The summed E-state index contributed by atoms with van der Waals surface area (Å²) in [7, 11) is 0. The molecule has 0 spiro atoms. The monoisotopic (exact) mass is 543 g/mol. The summed E-state index contributed by atoms with van der Waals surface area (Å²) in [6, 6.07) is 25.5. The number of furan rings is 1. The van der Waals surface area contributed by atoms with E-state index in [1.807, 2.05) is 43.3 Å². The van der Waals surface area contributed by atoms with Gasteiger partial charge >= 0.3 is 0 Å². The van der Waals surface area contributed by atoms with Crippen LogP contribution < -0.4 is 5.32 Å². The molecule has 0 aliphatic carbocycles. The van der Waals surface area contributed by atoms with Gasteiger partial charge in [0.1, 0.15) is 17.4 Å². The molecule has 1 unspecified atom stereocenters. The minimum Gasteiger partial charge on any atom is -0.451 e. The van der Waals surface area contributed by atoms with Gasteiger partial charge in [-0.15, -0.1) is 11.3 Å². The predicted octanol–water partition coefficient (Wildman–Crippen LogP) is 7.40. The fraction of sp³-hybridized carbons (Fsp3) is 0.0968. The molecule has 0 fully saturated rings. The van der Waals surface area contributed by atoms with Crippen molar-refractivity contribution in [1.29, 1.82) is 0 Å². The molecule has 8 heteroatoms. The number of benzene rings is 3. The number of rotatable bonds is 9. The molecule has 39 heavy (non-hydrogen) atoms. The smallest absolute Gasteiger partial charge is 0.295 e. The molecule has 5 aromatic rings. The third-order valence-electron chi connectivity index (χ3n) is 6.13. The lowest BCUT2D eigenvalue weighted by atomic mass is 10.1. The van der Waals surface area contributed by atoms with E-state index in [-0.39, 0.29) is 24.5 Å². The molecule has 2 aromatic heterocycles. The first kappa shape index (κ1) is 26.1. The first-order valence-electron chi connectivity index (χ1n) is 12.1. The Kier molecular flexibility index (Phi) is 7.65. The van der Waals surface area contributed by atoms with Crippen LogP contribution in [0.4, 0.5) is 8.78 Å². The summed E-state index contributed by atoms with van der Waals surface area (Å²) in [5, 5.41) is 2.58. The lowest BCUT2D eigenvalue weighted by Crippen LogP contribution is -2.38. The molecule has 3 aromatic carbocycles. The zero-order valence-electron chi connectivity index (χ0n) is 20.8. The Morgan fingerprint density at radius 1 is 0.923 bits per heavy atom. The second-order valence-corrected chi connectivity index (χ2v) is 10.00. The highest BCUT2D eigenvalue weighted by Gasteiger charge is 2.20. The zero-order valence-corrected chi connectivity index (χ0v) is 21.6. The van der Waals surface area contributed by atoms with Crippen molar-refractivity contribution in [2.75, 3.05) is 0 Å². The van der Waals surface area contributed by atoms with Crippen molar-refractivity contribution in [2.45, 2.75) is 19.6 Å². The molecule has 5 rings (SSSR count). The minimum atomic E-state index is -1.05. The minimum absolute atomic E-state index is 0.0163. The van der Waals surface area contributed by atoms with Gasteiger partial charge in [-0.2, -0.15) is 0 Å². The van der Waals surface area contributed by atoms with Gasteiger partial charge in [0.15, 0.2) is 12.0 Å². The van der Waals surface area contributed by atoms with Gasteiger partial charge in [-0.3, -0.25) is 9.59 Å². The first-order valence-corrected chi connectivity index (χ1v) is 12.9. The number of thiophene rings is 1. The van der Waals surface area contributed by atoms with Crippen LogP contribution in [0.1, 0.15) is 21.7 Å². The van der Waals surface area contributed by atoms with E-state index in [0.717, 1.165) is 15.3 Å². The Hall–Kier alpha value is -4.56. The summed E-state index contributed by atoms with van der Waals surface area (Å²) >= 11 is 1.50. The summed E-state index contributed by atoms with van der Waals surface area (Å²) in [5.74, 6) is -1.06. The van der Waals surface area contributed by atoms with E-state index in [4.69, 9.17) is 9.15 Å². The second-order valence-electron chi connectivity index (χ2n) is 8.91. The molecule has 0 aliphatic heterocycles. The molecule has 1 atom stereocenters. The summed E-state index contributed by atoms with van der Waals surface area (Å²) in [4.78, 5) is 25.6. The fourth-order valence-electron chi connectivity index (χ4n) is 4.10. The quantitative estimate of drug-likeness (QED) is 0.155. The number of hydrogen-bond acceptors (Lipinski definition) is 5. The van der Waals surface area contributed by atoms with Gasteiger partial charge in [-0.05, 0) is 72.6 Å². The number of hydrogen-bond donors (Lipinski definition) is 1. The Balaban J connectivity index is 1.27. The summed E-state index contributed by atoms with van der Waals surface area (Å²) in [6.07, 6.45) is -0.999. The molecule has 0 saturated carbocycles. The highest BCUT2D eigenvalue weighted by Crippen LogP contribution is 2.36. The van der Waals surface area contributed by atoms with Crippen molar-refractivity contribution < 1.29 is 27.5 Å². The average molecular weight is 544 g/mol. The van der Waals surface area contributed by atoms with E-state index in [9.17, 15) is 14.0 Å². The first-order chi connectivity index (χ1) is 18.9. The van der Waals surface area contributed by atoms with E-state index in [0.29, 0.717) is 22.5 Å². The van der Waals surface area contributed by atoms with Crippen LogP contribution in [-0.4, -0.2) is 18.6 Å². The summed E-state index contributed by atoms with van der Waals surface area (Å²) < 4.78 is 38.9. The van der Waals surface area contributed by atoms with Crippen LogP contribution in [0, 0.1) is 18.6 Å². The molecule has 0 saturated heterocycles. The molecule has 5 nitrogen and oxygen atoms in total. The molecule has 1 N–H and O–H groups in total. The average Bonchev–Trinajstić information content (AvgIpc) is 3.61. The summed E-state index contributed by atoms with van der Waals surface area (Å²) in [6.45, 7) is 2.25. The topological polar surface area (TPSA) is 68.5 Å². The molecule has 1 amide bonds. The number of carbonyl (C=O) groups excluding carboxylic acids is 2. The number of ether oxygens (including phenoxy) is 1. The van der Waals surface area contributed by atoms with E-state index >= 15 is 4.39 Å². The molecule has 196 valence electrons. The molecular formula is C31H23F2NO4S. The maximum atomic E-state index is 15.1. The number of halogens is 2. The Bertz CT molecular complexity index is 1610. The van der Waals surface area contributed by atoms with Gasteiger partial charge in [0.2, 0.25) is 0 Å². The van der Waals surface area contributed by atoms with Gasteiger partial charge in [0.25, 0.3) is 12.4 Å². The van der Waals surface area contributed by atoms with Crippen molar-refractivity contribution in [3.63, 3.8) is 0 Å². The van der Waals surface area contributed by atoms with Crippen molar-refractivity contribution >= 4 is 23.7 Å². The number of nitrogens with one attached hydrogen (secondary N) is 1. The maximum Gasteiger partial charge on any atom is 0.295 e. The number of aryl methyl sites for hydroxylation is 1. The van der Waals surface area contributed by atoms with Crippen molar-refractivity contribution in [3.05, 3.63) is 120 Å². The largest absolute Gasteiger partial charge is 0.451 e. The van der Waals surface area contributed by atoms with Gasteiger partial charge < -0.3 is 14.5 Å². The fourth-order valence-corrected chi connectivity index (χ4v) is 5.14. The van der Waals surface area contributed by atoms with Crippen LogP contribution in [0.15, 0.2) is 95.4 Å². The van der Waals surface area contributed by atoms with Gasteiger partial charge in [-0.25, -0.2) is 8.78 Å². The van der Waals surface area contributed by atoms with Crippen LogP contribution in [0.25, 0.3) is 32.2 Å². The number of amides is 1. The Labute approximate surface area is 227 Å². The lowest BCUT2D eigenvalue weighted by molar-refractivity contribution is -0.134. The number of carbonyl (C=O) groups is 2. The van der Waals surface area contributed by atoms with Gasteiger partial charge in [0, 0.05) is 27.3 Å². The van der Waals surface area contributed by atoms with Crippen LogP contribution in [0.3, 0.4) is 0 Å². The Morgan fingerprint density at radius 3 is 2.36 bits per heavy atom. The van der Waals surface area contributed by atoms with Crippen molar-refractivity contribution in [1.82, 2.24) is 5.32 Å². The highest BCUT2D eigenvalue weighted by atomic mass is 32.1. The van der Waals surface area contributed by atoms with E-state index in [2.05, 4.69) is 5.32 Å². The van der Waals surface area contributed by atoms with Crippen LogP contribution in [0.5, 0.6) is 0 Å². The highest BCUT2D eigenvalue weighted by molar-refractivity contribution is 7.18. The third kappa shape index (κ3) is 6.13. The van der Waals surface area contributed by atoms with Crippen molar-refractivity contribution in [2.24, 2.45) is 0 Å². The molecule has 0 aliphatic rings. The summed E-state index contributed by atoms with van der Waals surface area (Å²) in [5.41, 5.74) is 3.83. The van der Waals surface area contributed by atoms with E-state index < -0.39 is 18.0 Å². The van der Waals surface area contributed by atoms with Crippen LogP contribution >= 0.6 is 11.3 Å². The predicted molar refractivity (Wildman–Crippen MR) is 146 cm³/mol. The standard InChI is InChI=1S/C31H23F2NO4S/c1-19-2-5-22(6-3-19)28-14-15-29(39-28)24-11-4-20(16-25(24)33)17-30(37-18-35)34-31(36)27-13-12-26(38-27)21-7-9-23(32)10-8-21/h2-16,18,30H,17H2,1H3,(H,34,36). The Morgan fingerprint density at radius 2 is 1.64 bits per heavy atom. The molecule has 2 heterocycles. The molecule has 0 radical (unpaired) electrons. The zero-order chi connectivity index (χ0) is 27.4. The van der Waals surface area contributed by atoms with Crippen molar-refractivity contribution in [3.8, 4) is 32.2 Å². The maximum absolute atomic E-state index is 15.1. The van der Waals surface area contributed by atoms with Gasteiger partial charge in [0.05, 0.1) is 0 Å². The van der Waals surface area contributed by atoms with Gasteiger partial charge in [-0.1, -0.05) is 42.0 Å². The molecule has 0 bridgehead atoms. The van der Waals surface area contributed by atoms with Crippen LogP contribution in [-0.2, 0) is 16.0 Å². The third-order valence-corrected chi connectivity index (χ3v) is 7.30. The normalized spacial score (nSPS) is 11.7. The van der Waals surface area contributed by atoms with E-state index in [1.165, 1.54) is 53.3 Å².